The van der Waals surface area contributed by atoms with E-state index in [1.165, 1.54) is 42.6 Å². The lowest BCUT2D eigenvalue weighted by Crippen LogP contribution is -2.36. The maximum Gasteiger partial charge on any atom is 0.0751 e. The van der Waals surface area contributed by atoms with Crippen molar-refractivity contribution in [3.05, 3.63) is 36.0 Å². The minimum absolute atomic E-state index is 0.585. The molecule has 0 atom stereocenters. The maximum absolute atomic E-state index is 4.50. The van der Waals surface area contributed by atoms with Gasteiger partial charge >= 0.3 is 0 Å². The Kier molecular flexibility index (Phi) is 3.38. The zero-order valence-electron chi connectivity index (χ0n) is 11.7. The molecule has 2 heterocycles. The van der Waals surface area contributed by atoms with Crippen LogP contribution in [0, 0.1) is 6.92 Å². The molecular formula is C16H21N3. The number of rotatable bonds is 2. The molecule has 0 aliphatic carbocycles. The number of nitrogens with one attached hydrogen (secondary N) is 1. The highest BCUT2D eigenvalue weighted by atomic mass is 15.1. The number of hydrogen-bond donors (Lipinski definition) is 1. The summed E-state index contributed by atoms with van der Waals surface area (Å²) in [4.78, 5) is 6.89. The Hall–Kier alpha value is -1.61. The Morgan fingerprint density at radius 2 is 2.00 bits per heavy atom. The molecule has 0 unspecified atom stereocenters. The van der Waals surface area contributed by atoms with Gasteiger partial charge in [0.25, 0.3) is 0 Å². The summed E-state index contributed by atoms with van der Waals surface area (Å²) in [5, 5.41) is 4.94. The van der Waals surface area contributed by atoms with Crippen LogP contribution in [0.25, 0.3) is 10.9 Å². The van der Waals surface area contributed by atoms with Crippen LogP contribution < -0.4 is 5.32 Å². The molecule has 3 rings (SSSR count). The zero-order chi connectivity index (χ0) is 13.2. The molecule has 1 aromatic heterocycles. The predicted molar refractivity (Wildman–Crippen MR) is 80.6 cm³/mol. The quantitative estimate of drug-likeness (QED) is 0.894. The second kappa shape index (κ2) is 5.17. The number of pyridine rings is 1. The Balaban J connectivity index is 1.87. The number of fused-ring (bicyclic) bond motifs is 1. The first-order valence-electron chi connectivity index (χ1n) is 7.03. The van der Waals surface area contributed by atoms with Gasteiger partial charge in [-0.3, -0.25) is 4.98 Å². The highest BCUT2D eigenvalue weighted by Gasteiger charge is 2.17. The summed E-state index contributed by atoms with van der Waals surface area (Å²) in [5.74, 6) is 0. The van der Waals surface area contributed by atoms with E-state index in [2.05, 4.69) is 47.4 Å². The topological polar surface area (TPSA) is 28.2 Å². The van der Waals surface area contributed by atoms with Gasteiger partial charge in [-0.2, -0.15) is 0 Å². The number of likely N-dealkylation sites (tertiary alicyclic amines) is 1. The van der Waals surface area contributed by atoms with Gasteiger partial charge < -0.3 is 10.2 Å². The lowest BCUT2D eigenvalue weighted by molar-refractivity contribution is 0.264. The second-order valence-electron chi connectivity index (χ2n) is 5.55. The molecule has 0 spiro atoms. The summed E-state index contributed by atoms with van der Waals surface area (Å²) in [5.41, 5.74) is 3.58. The SMILES string of the molecule is Cc1ccc(NC2CCN(C)CC2)c2cccnc12. The van der Waals surface area contributed by atoms with Crippen molar-refractivity contribution < 1.29 is 0 Å². The number of benzene rings is 1. The molecule has 0 amide bonds. The minimum atomic E-state index is 0.585. The van der Waals surface area contributed by atoms with Crippen molar-refractivity contribution in [3.8, 4) is 0 Å². The predicted octanol–water partition coefficient (Wildman–Crippen LogP) is 3.05. The summed E-state index contributed by atoms with van der Waals surface area (Å²) in [6.45, 7) is 4.48. The molecule has 1 saturated heterocycles. The standard InChI is InChI=1S/C16H21N3/c1-12-5-6-15(14-4-3-9-17-16(12)14)18-13-7-10-19(2)11-8-13/h3-6,9,13,18H,7-8,10-11H2,1-2H3. The van der Waals surface area contributed by atoms with Crippen LogP contribution in [0.3, 0.4) is 0 Å². The number of nitrogens with zero attached hydrogens (tertiary/aromatic N) is 2. The van der Waals surface area contributed by atoms with E-state index in [9.17, 15) is 0 Å². The lowest BCUT2D eigenvalue weighted by Gasteiger charge is -2.30. The fraction of sp³-hybridized carbons (Fsp3) is 0.438. The molecule has 1 aliphatic heterocycles. The number of hydrogen-bond acceptors (Lipinski definition) is 3. The van der Waals surface area contributed by atoms with Crippen LogP contribution in [-0.4, -0.2) is 36.1 Å². The minimum Gasteiger partial charge on any atom is -0.382 e. The Bertz CT molecular complexity index is 571. The number of aryl methyl sites for hydroxylation is 1. The van der Waals surface area contributed by atoms with Crippen molar-refractivity contribution in [2.24, 2.45) is 0 Å². The van der Waals surface area contributed by atoms with E-state index in [1.54, 1.807) is 0 Å². The van der Waals surface area contributed by atoms with Crippen LogP contribution in [0.5, 0.6) is 0 Å². The summed E-state index contributed by atoms with van der Waals surface area (Å²) in [6.07, 6.45) is 4.30. The first-order chi connectivity index (χ1) is 9.24. The number of piperidine rings is 1. The average Bonchev–Trinajstić information content (AvgIpc) is 2.45. The van der Waals surface area contributed by atoms with E-state index in [-0.39, 0.29) is 0 Å². The molecule has 19 heavy (non-hydrogen) atoms. The monoisotopic (exact) mass is 255 g/mol. The summed E-state index contributed by atoms with van der Waals surface area (Å²) < 4.78 is 0. The van der Waals surface area contributed by atoms with E-state index < -0.39 is 0 Å². The third kappa shape index (κ3) is 2.56. The highest BCUT2D eigenvalue weighted by molar-refractivity contribution is 5.93. The van der Waals surface area contributed by atoms with E-state index in [0.29, 0.717) is 6.04 Å². The van der Waals surface area contributed by atoms with Gasteiger partial charge in [-0.1, -0.05) is 6.07 Å². The molecule has 2 aromatic rings. The van der Waals surface area contributed by atoms with E-state index >= 15 is 0 Å². The van der Waals surface area contributed by atoms with Crippen LogP contribution in [0.1, 0.15) is 18.4 Å². The molecule has 1 fully saturated rings. The summed E-state index contributed by atoms with van der Waals surface area (Å²) >= 11 is 0. The molecule has 1 aromatic carbocycles. The van der Waals surface area contributed by atoms with Crippen molar-refractivity contribution in [3.63, 3.8) is 0 Å². The Labute approximate surface area is 114 Å². The maximum atomic E-state index is 4.50. The molecule has 0 bridgehead atoms. The fourth-order valence-corrected chi connectivity index (χ4v) is 2.81. The first kappa shape index (κ1) is 12.4. The van der Waals surface area contributed by atoms with E-state index in [4.69, 9.17) is 0 Å². The first-order valence-corrected chi connectivity index (χ1v) is 7.03. The van der Waals surface area contributed by atoms with Crippen molar-refractivity contribution in [2.75, 3.05) is 25.5 Å². The Morgan fingerprint density at radius 1 is 1.21 bits per heavy atom. The van der Waals surface area contributed by atoms with Gasteiger partial charge in [0, 0.05) is 23.3 Å². The normalized spacial score (nSPS) is 17.8. The molecule has 1 aliphatic rings. The van der Waals surface area contributed by atoms with E-state index in [1.807, 2.05) is 12.3 Å². The fourth-order valence-electron chi connectivity index (χ4n) is 2.81. The molecule has 3 nitrogen and oxygen atoms in total. The molecule has 0 radical (unpaired) electrons. The van der Waals surface area contributed by atoms with Crippen LogP contribution >= 0.6 is 0 Å². The van der Waals surface area contributed by atoms with Crippen LogP contribution in [0.15, 0.2) is 30.5 Å². The summed E-state index contributed by atoms with van der Waals surface area (Å²) in [6, 6.07) is 9.11. The van der Waals surface area contributed by atoms with Crippen molar-refractivity contribution >= 4 is 16.6 Å². The number of aromatic nitrogens is 1. The van der Waals surface area contributed by atoms with Crippen LogP contribution in [-0.2, 0) is 0 Å². The molecule has 3 heteroatoms. The van der Waals surface area contributed by atoms with Gasteiger partial charge in [0.15, 0.2) is 0 Å². The molecular weight excluding hydrogens is 234 g/mol. The van der Waals surface area contributed by atoms with E-state index in [0.717, 1.165) is 5.52 Å². The largest absolute Gasteiger partial charge is 0.382 e. The average molecular weight is 255 g/mol. The third-order valence-electron chi connectivity index (χ3n) is 4.05. The second-order valence-corrected chi connectivity index (χ2v) is 5.55. The summed E-state index contributed by atoms with van der Waals surface area (Å²) in [7, 11) is 2.20. The van der Waals surface area contributed by atoms with Crippen molar-refractivity contribution in [1.82, 2.24) is 9.88 Å². The molecule has 1 N–H and O–H groups in total. The van der Waals surface area contributed by atoms with Gasteiger partial charge in [-0.25, -0.2) is 0 Å². The Morgan fingerprint density at radius 3 is 2.79 bits per heavy atom. The molecule has 100 valence electrons. The molecule has 0 saturated carbocycles. The number of anilines is 1. The lowest BCUT2D eigenvalue weighted by atomic mass is 10.0. The van der Waals surface area contributed by atoms with Crippen LogP contribution in [0.2, 0.25) is 0 Å². The third-order valence-corrected chi connectivity index (χ3v) is 4.05. The zero-order valence-corrected chi connectivity index (χ0v) is 11.7. The van der Waals surface area contributed by atoms with Gasteiger partial charge in [-0.15, -0.1) is 0 Å². The van der Waals surface area contributed by atoms with Gasteiger partial charge in [0.05, 0.1) is 5.52 Å². The van der Waals surface area contributed by atoms with Crippen molar-refractivity contribution in [2.45, 2.75) is 25.8 Å². The van der Waals surface area contributed by atoms with Gasteiger partial charge in [0.2, 0.25) is 0 Å². The van der Waals surface area contributed by atoms with Gasteiger partial charge in [0.1, 0.15) is 0 Å². The smallest absolute Gasteiger partial charge is 0.0751 e. The van der Waals surface area contributed by atoms with Crippen molar-refractivity contribution in [1.29, 1.82) is 0 Å². The van der Waals surface area contributed by atoms with Crippen LogP contribution in [0.4, 0.5) is 5.69 Å². The highest BCUT2D eigenvalue weighted by Crippen LogP contribution is 2.26. The van der Waals surface area contributed by atoms with Gasteiger partial charge in [-0.05, 0) is 63.7 Å².